The van der Waals surface area contributed by atoms with Crippen LogP contribution in [0.5, 0.6) is 0 Å². The number of benzene rings is 1. The minimum absolute atomic E-state index is 0.122. The molecule has 2 rings (SSSR count). The van der Waals surface area contributed by atoms with E-state index in [1.165, 1.54) is 18.2 Å². The van der Waals surface area contributed by atoms with Gasteiger partial charge in [-0.3, -0.25) is 4.99 Å². The fourth-order valence-corrected chi connectivity index (χ4v) is 3.33. The van der Waals surface area contributed by atoms with E-state index < -0.39 is 15.7 Å². The summed E-state index contributed by atoms with van der Waals surface area (Å²) in [5, 5.41) is 5.96. The summed E-state index contributed by atoms with van der Waals surface area (Å²) >= 11 is 0. The standard InChI is InChI=1S/C16H20FN3O3S/c1-18-16(19-9-8-13-5-4-11-23-13)20-10-12-24(21,22)15-7-3-2-6-14(15)17/h2-7,11H,8-10,12H2,1H3,(H2,18,19,20). The Morgan fingerprint density at radius 2 is 1.92 bits per heavy atom. The van der Waals surface area contributed by atoms with E-state index in [9.17, 15) is 12.8 Å². The predicted octanol–water partition coefficient (Wildman–Crippen LogP) is 1.60. The number of hydrogen-bond donors (Lipinski definition) is 2. The van der Waals surface area contributed by atoms with Gasteiger partial charge in [0.25, 0.3) is 0 Å². The fraction of sp³-hybridized carbons (Fsp3) is 0.312. The van der Waals surface area contributed by atoms with Crippen molar-refractivity contribution < 1.29 is 17.2 Å². The highest BCUT2D eigenvalue weighted by molar-refractivity contribution is 7.91. The summed E-state index contributed by atoms with van der Waals surface area (Å²) < 4.78 is 43.1. The summed E-state index contributed by atoms with van der Waals surface area (Å²) in [4.78, 5) is 3.73. The first-order valence-electron chi connectivity index (χ1n) is 7.47. The quantitative estimate of drug-likeness (QED) is 0.583. The van der Waals surface area contributed by atoms with Crippen molar-refractivity contribution in [3.05, 3.63) is 54.2 Å². The molecular formula is C16H20FN3O3S. The van der Waals surface area contributed by atoms with Crippen LogP contribution in [0.4, 0.5) is 4.39 Å². The van der Waals surface area contributed by atoms with E-state index in [0.29, 0.717) is 18.9 Å². The average Bonchev–Trinajstić information content (AvgIpc) is 3.07. The molecule has 0 amide bonds. The topological polar surface area (TPSA) is 83.7 Å². The molecule has 24 heavy (non-hydrogen) atoms. The Balaban J connectivity index is 1.80. The van der Waals surface area contributed by atoms with Crippen molar-refractivity contribution in [2.45, 2.75) is 11.3 Å². The second kappa shape index (κ2) is 8.49. The van der Waals surface area contributed by atoms with Gasteiger partial charge < -0.3 is 15.1 Å². The molecule has 0 spiro atoms. The lowest BCUT2D eigenvalue weighted by atomic mass is 10.3. The largest absolute Gasteiger partial charge is 0.469 e. The van der Waals surface area contributed by atoms with Crippen LogP contribution >= 0.6 is 0 Å². The van der Waals surface area contributed by atoms with Gasteiger partial charge in [-0.15, -0.1) is 0 Å². The van der Waals surface area contributed by atoms with Crippen molar-refractivity contribution in [3.8, 4) is 0 Å². The molecule has 0 atom stereocenters. The van der Waals surface area contributed by atoms with Gasteiger partial charge in [0.15, 0.2) is 15.8 Å². The Hall–Kier alpha value is -2.35. The summed E-state index contributed by atoms with van der Waals surface area (Å²) in [7, 11) is -2.10. The number of guanidine groups is 1. The lowest BCUT2D eigenvalue weighted by Gasteiger charge is -2.12. The number of furan rings is 1. The molecule has 0 saturated heterocycles. The van der Waals surface area contributed by atoms with E-state index in [4.69, 9.17) is 4.42 Å². The first-order chi connectivity index (χ1) is 11.5. The summed E-state index contributed by atoms with van der Waals surface area (Å²) in [6.07, 6.45) is 2.29. The predicted molar refractivity (Wildman–Crippen MR) is 90.2 cm³/mol. The molecule has 0 aliphatic heterocycles. The zero-order valence-corrected chi connectivity index (χ0v) is 14.1. The summed E-state index contributed by atoms with van der Waals surface area (Å²) in [5.41, 5.74) is 0. The van der Waals surface area contributed by atoms with Gasteiger partial charge in [-0.2, -0.15) is 0 Å². The van der Waals surface area contributed by atoms with Crippen molar-refractivity contribution in [2.24, 2.45) is 4.99 Å². The van der Waals surface area contributed by atoms with Gasteiger partial charge in [-0.1, -0.05) is 12.1 Å². The molecule has 0 bridgehead atoms. The van der Waals surface area contributed by atoms with Crippen LogP contribution in [0.15, 0.2) is 57.0 Å². The summed E-state index contributed by atoms with van der Waals surface area (Å²) in [6.45, 7) is 0.713. The van der Waals surface area contributed by atoms with Crippen LogP contribution in [0.25, 0.3) is 0 Å². The average molecular weight is 353 g/mol. The zero-order valence-electron chi connectivity index (χ0n) is 13.3. The van der Waals surface area contributed by atoms with E-state index in [-0.39, 0.29) is 17.2 Å². The Morgan fingerprint density at radius 3 is 2.58 bits per heavy atom. The van der Waals surface area contributed by atoms with Crippen LogP contribution < -0.4 is 10.6 Å². The Morgan fingerprint density at radius 1 is 1.17 bits per heavy atom. The van der Waals surface area contributed by atoms with Crippen LogP contribution in [0.3, 0.4) is 0 Å². The molecular weight excluding hydrogens is 333 g/mol. The molecule has 2 N–H and O–H groups in total. The maximum absolute atomic E-state index is 13.6. The van der Waals surface area contributed by atoms with Gasteiger partial charge in [0.05, 0.1) is 12.0 Å². The molecule has 6 nitrogen and oxygen atoms in total. The molecule has 0 fully saturated rings. The molecule has 0 unspecified atom stereocenters. The van der Waals surface area contributed by atoms with Gasteiger partial charge >= 0.3 is 0 Å². The van der Waals surface area contributed by atoms with Crippen LogP contribution in [0.1, 0.15) is 5.76 Å². The zero-order chi connectivity index (χ0) is 17.4. The molecule has 0 saturated carbocycles. The highest BCUT2D eigenvalue weighted by atomic mass is 32.2. The third kappa shape index (κ3) is 5.09. The van der Waals surface area contributed by atoms with Crippen molar-refractivity contribution in [2.75, 3.05) is 25.9 Å². The van der Waals surface area contributed by atoms with Crippen LogP contribution in [0, 0.1) is 5.82 Å². The molecule has 8 heteroatoms. The number of aliphatic imine (C=N–C) groups is 1. The van der Waals surface area contributed by atoms with Gasteiger partial charge in [-0.25, -0.2) is 12.8 Å². The van der Waals surface area contributed by atoms with Crippen LogP contribution in [-0.2, 0) is 16.3 Å². The molecule has 1 heterocycles. The lowest BCUT2D eigenvalue weighted by Crippen LogP contribution is -2.40. The first-order valence-corrected chi connectivity index (χ1v) is 9.12. The monoisotopic (exact) mass is 353 g/mol. The van der Waals surface area contributed by atoms with Gasteiger partial charge in [0, 0.05) is 26.6 Å². The second-order valence-corrected chi connectivity index (χ2v) is 7.08. The van der Waals surface area contributed by atoms with Crippen LogP contribution in [-0.4, -0.2) is 40.3 Å². The SMILES string of the molecule is CN=C(NCCc1ccco1)NCCS(=O)(=O)c1ccccc1F. The van der Waals surface area contributed by atoms with Crippen molar-refractivity contribution in [3.63, 3.8) is 0 Å². The summed E-state index contributed by atoms with van der Waals surface area (Å²) in [5.74, 6) is 0.358. The van der Waals surface area contributed by atoms with Crippen LogP contribution in [0.2, 0.25) is 0 Å². The normalized spacial score (nSPS) is 12.2. The lowest BCUT2D eigenvalue weighted by molar-refractivity contribution is 0.507. The minimum Gasteiger partial charge on any atom is -0.469 e. The molecule has 2 aromatic rings. The molecule has 0 aliphatic rings. The Kier molecular flexibility index (Phi) is 6.36. The molecule has 1 aromatic heterocycles. The van der Waals surface area contributed by atoms with E-state index in [2.05, 4.69) is 15.6 Å². The highest BCUT2D eigenvalue weighted by Gasteiger charge is 2.18. The van der Waals surface area contributed by atoms with E-state index in [1.54, 1.807) is 13.3 Å². The fourth-order valence-electron chi connectivity index (χ4n) is 2.09. The second-order valence-electron chi connectivity index (χ2n) is 5.00. The number of hydrogen-bond acceptors (Lipinski definition) is 4. The minimum atomic E-state index is -3.69. The molecule has 130 valence electrons. The van der Waals surface area contributed by atoms with Crippen molar-refractivity contribution in [1.82, 2.24) is 10.6 Å². The Bertz CT molecular complexity index is 774. The van der Waals surface area contributed by atoms with E-state index in [1.807, 2.05) is 12.1 Å². The third-order valence-corrected chi connectivity index (χ3v) is 5.05. The van der Waals surface area contributed by atoms with E-state index >= 15 is 0 Å². The first kappa shape index (κ1) is 18.0. The molecule has 0 aliphatic carbocycles. The van der Waals surface area contributed by atoms with E-state index in [0.717, 1.165) is 11.8 Å². The smallest absolute Gasteiger partial charge is 0.191 e. The number of nitrogens with zero attached hydrogens (tertiary/aromatic N) is 1. The third-order valence-electron chi connectivity index (χ3n) is 3.30. The number of sulfone groups is 1. The van der Waals surface area contributed by atoms with Gasteiger partial charge in [-0.05, 0) is 24.3 Å². The Labute approximate surface area is 140 Å². The number of rotatable bonds is 7. The number of nitrogens with one attached hydrogen (secondary N) is 2. The summed E-state index contributed by atoms with van der Waals surface area (Å²) in [6, 6.07) is 9.04. The van der Waals surface area contributed by atoms with Gasteiger partial charge in [0.2, 0.25) is 0 Å². The molecule has 0 radical (unpaired) electrons. The van der Waals surface area contributed by atoms with Crippen molar-refractivity contribution in [1.29, 1.82) is 0 Å². The number of halogens is 1. The maximum Gasteiger partial charge on any atom is 0.191 e. The van der Waals surface area contributed by atoms with Crippen molar-refractivity contribution >= 4 is 15.8 Å². The molecule has 1 aromatic carbocycles. The highest BCUT2D eigenvalue weighted by Crippen LogP contribution is 2.14. The van der Waals surface area contributed by atoms with Gasteiger partial charge in [0.1, 0.15) is 16.5 Å². The maximum atomic E-state index is 13.6.